The molecule has 12 rings (SSSR count). The highest BCUT2D eigenvalue weighted by molar-refractivity contribution is 6.13. The van der Waals surface area contributed by atoms with Crippen LogP contribution in [0.1, 0.15) is 0 Å². The third-order valence-corrected chi connectivity index (χ3v) is 11.3. The Kier molecular flexibility index (Phi) is 6.86. The largest absolute Gasteiger partial charge is 0.455 e. The number of aromatic nitrogens is 4. The van der Waals surface area contributed by atoms with Crippen molar-refractivity contribution < 1.29 is 4.42 Å². The predicted octanol–water partition coefficient (Wildman–Crippen LogP) is 13.6. The van der Waals surface area contributed by atoms with Crippen LogP contribution in [0.5, 0.6) is 0 Å². The molecule has 0 fully saturated rings. The Morgan fingerprint density at radius 3 is 1.75 bits per heavy atom. The lowest BCUT2D eigenvalue weighted by Gasteiger charge is -2.14. The zero-order valence-electron chi connectivity index (χ0n) is 30.7. The average molecular weight is 729 g/mol. The molecule has 0 aliphatic heterocycles. The van der Waals surface area contributed by atoms with Crippen LogP contribution in [-0.4, -0.2) is 19.1 Å². The smallest absolute Gasteiger partial charge is 0.160 e. The van der Waals surface area contributed by atoms with Crippen LogP contribution in [0.25, 0.3) is 111 Å². The van der Waals surface area contributed by atoms with E-state index in [1.807, 2.05) is 12.1 Å². The van der Waals surface area contributed by atoms with E-state index in [1.54, 1.807) is 0 Å². The number of hydrogen-bond acceptors (Lipinski definition) is 3. The lowest BCUT2D eigenvalue weighted by Crippen LogP contribution is -2.00. The fourth-order valence-electron chi connectivity index (χ4n) is 8.81. The molecule has 5 nitrogen and oxygen atoms in total. The minimum atomic E-state index is 0.667. The molecule has 4 aromatic heterocycles. The number of benzene rings is 8. The van der Waals surface area contributed by atoms with Crippen molar-refractivity contribution in [3.8, 4) is 45.1 Å². The molecule has 12 aromatic rings. The van der Waals surface area contributed by atoms with Crippen LogP contribution >= 0.6 is 0 Å². The van der Waals surface area contributed by atoms with Crippen LogP contribution in [0.2, 0.25) is 0 Å². The summed E-state index contributed by atoms with van der Waals surface area (Å²) in [4.78, 5) is 11.0. The van der Waals surface area contributed by atoms with E-state index in [1.165, 1.54) is 10.8 Å². The second-order valence-electron chi connectivity index (χ2n) is 14.6. The molecule has 8 aromatic carbocycles. The first kappa shape index (κ1) is 31.6. The molecular formula is C52H32N4O. The molecule has 0 saturated heterocycles. The lowest BCUT2D eigenvalue weighted by atomic mass is 9.99. The Hall–Kier alpha value is -7.76. The van der Waals surface area contributed by atoms with E-state index < -0.39 is 0 Å². The van der Waals surface area contributed by atoms with Gasteiger partial charge in [0.2, 0.25) is 0 Å². The molecule has 0 spiro atoms. The van der Waals surface area contributed by atoms with Crippen LogP contribution in [0.4, 0.5) is 0 Å². The van der Waals surface area contributed by atoms with E-state index in [4.69, 9.17) is 14.4 Å². The van der Waals surface area contributed by atoms with Gasteiger partial charge in [-0.05, 0) is 60.2 Å². The van der Waals surface area contributed by atoms with Crippen LogP contribution in [0.15, 0.2) is 199 Å². The highest BCUT2D eigenvalue weighted by Gasteiger charge is 2.22. The van der Waals surface area contributed by atoms with Gasteiger partial charge < -0.3 is 13.6 Å². The Balaban J connectivity index is 1.12. The highest BCUT2D eigenvalue weighted by atomic mass is 16.3. The second kappa shape index (κ2) is 12.4. The minimum Gasteiger partial charge on any atom is -0.455 e. The summed E-state index contributed by atoms with van der Waals surface area (Å²) in [6.07, 6.45) is 0. The summed E-state index contributed by atoms with van der Waals surface area (Å²) in [7, 11) is 0. The molecule has 0 aliphatic carbocycles. The molecule has 266 valence electrons. The monoisotopic (exact) mass is 728 g/mol. The van der Waals surface area contributed by atoms with Crippen molar-refractivity contribution in [2.45, 2.75) is 0 Å². The number of para-hydroxylation sites is 6. The quantitative estimate of drug-likeness (QED) is 0.177. The van der Waals surface area contributed by atoms with Gasteiger partial charge in [-0.15, -0.1) is 0 Å². The van der Waals surface area contributed by atoms with Gasteiger partial charge in [-0.1, -0.05) is 140 Å². The molecular weight excluding hydrogens is 697 g/mol. The fourth-order valence-corrected chi connectivity index (χ4v) is 8.81. The maximum Gasteiger partial charge on any atom is 0.160 e. The molecule has 0 bridgehead atoms. The number of hydrogen-bond donors (Lipinski definition) is 0. The van der Waals surface area contributed by atoms with E-state index in [-0.39, 0.29) is 0 Å². The molecule has 0 radical (unpaired) electrons. The van der Waals surface area contributed by atoms with Crippen LogP contribution in [0.3, 0.4) is 0 Å². The van der Waals surface area contributed by atoms with Crippen molar-refractivity contribution in [3.63, 3.8) is 0 Å². The molecule has 0 aliphatic rings. The Morgan fingerprint density at radius 1 is 0.386 bits per heavy atom. The molecule has 0 saturated carbocycles. The van der Waals surface area contributed by atoms with E-state index in [2.05, 4.69) is 191 Å². The van der Waals surface area contributed by atoms with Crippen molar-refractivity contribution in [1.29, 1.82) is 0 Å². The maximum absolute atomic E-state index is 6.51. The Labute approximate surface area is 327 Å². The van der Waals surface area contributed by atoms with Crippen LogP contribution < -0.4 is 0 Å². The van der Waals surface area contributed by atoms with Crippen LogP contribution in [-0.2, 0) is 0 Å². The summed E-state index contributed by atoms with van der Waals surface area (Å²) >= 11 is 0. The first-order valence-corrected chi connectivity index (χ1v) is 19.3. The third kappa shape index (κ3) is 4.82. The van der Waals surface area contributed by atoms with Gasteiger partial charge in [0.1, 0.15) is 16.7 Å². The van der Waals surface area contributed by atoms with Crippen molar-refractivity contribution in [2.24, 2.45) is 0 Å². The Morgan fingerprint density at radius 2 is 0.965 bits per heavy atom. The molecule has 4 heterocycles. The average Bonchev–Trinajstić information content (AvgIpc) is 3.94. The van der Waals surface area contributed by atoms with Gasteiger partial charge in [0, 0.05) is 55.0 Å². The van der Waals surface area contributed by atoms with Gasteiger partial charge in [0.25, 0.3) is 0 Å². The van der Waals surface area contributed by atoms with Crippen LogP contribution in [0, 0.1) is 0 Å². The SMILES string of the molecule is c1ccc(-n2c3ccccc3c3nc(-c4cccc(-n5c6ccccc6c6ccccc65)c4)nc(-c4cccc(-c5cccc6c5oc5ccccc56)c4)c32)cc1. The van der Waals surface area contributed by atoms with Crippen molar-refractivity contribution in [3.05, 3.63) is 194 Å². The molecule has 0 N–H and O–H groups in total. The lowest BCUT2D eigenvalue weighted by molar-refractivity contribution is 0.670. The zero-order chi connectivity index (χ0) is 37.5. The third-order valence-electron chi connectivity index (χ3n) is 11.3. The summed E-state index contributed by atoms with van der Waals surface area (Å²) in [6, 6.07) is 68.2. The summed E-state index contributed by atoms with van der Waals surface area (Å²) in [5.74, 6) is 0.667. The first-order valence-electron chi connectivity index (χ1n) is 19.3. The topological polar surface area (TPSA) is 48.8 Å². The van der Waals surface area contributed by atoms with E-state index in [0.29, 0.717) is 5.82 Å². The van der Waals surface area contributed by atoms with E-state index >= 15 is 0 Å². The van der Waals surface area contributed by atoms with Crippen molar-refractivity contribution in [2.75, 3.05) is 0 Å². The fraction of sp³-hybridized carbons (Fsp3) is 0. The van der Waals surface area contributed by atoms with Crippen molar-refractivity contribution in [1.82, 2.24) is 19.1 Å². The number of nitrogens with zero attached hydrogens (tertiary/aromatic N) is 4. The standard InChI is InChI=1S/C52H32N4O/c1-2-18-36(19-3-1)56-46-29-10-6-24-43(46)49-50(56)48(34-16-12-15-33(31-34)38-25-14-26-42-41-23-7-11-30-47(41)57-51(38)42)53-52(54-49)35-17-13-20-37(32-35)55-44-27-8-4-21-39(44)40-22-5-9-28-45(40)55/h1-32H. The minimum absolute atomic E-state index is 0.667. The number of furan rings is 1. The number of rotatable bonds is 5. The summed E-state index contributed by atoms with van der Waals surface area (Å²) in [6.45, 7) is 0. The summed E-state index contributed by atoms with van der Waals surface area (Å²) in [5.41, 5.74) is 14.0. The van der Waals surface area contributed by atoms with Gasteiger partial charge in [-0.3, -0.25) is 0 Å². The Bertz CT molecular complexity index is 3480. The van der Waals surface area contributed by atoms with Gasteiger partial charge >= 0.3 is 0 Å². The highest BCUT2D eigenvalue weighted by Crippen LogP contribution is 2.41. The van der Waals surface area contributed by atoms with Gasteiger partial charge in [-0.25, -0.2) is 9.97 Å². The van der Waals surface area contributed by atoms with Crippen molar-refractivity contribution >= 4 is 65.7 Å². The number of fused-ring (bicyclic) bond motifs is 9. The first-order chi connectivity index (χ1) is 28.3. The molecule has 0 atom stereocenters. The van der Waals surface area contributed by atoms with E-state index in [0.717, 1.165) is 94.2 Å². The summed E-state index contributed by atoms with van der Waals surface area (Å²) < 4.78 is 11.2. The molecule has 57 heavy (non-hydrogen) atoms. The molecule has 0 amide bonds. The predicted molar refractivity (Wildman–Crippen MR) is 234 cm³/mol. The maximum atomic E-state index is 6.51. The normalized spacial score (nSPS) is 11.9. The van der Waals surface area contributed by atoms with Gasteiger partial charge in [0.05, 0.1) is 27.8 Å². The second-order valence-corrected chi connectivity index (χ2v) is 14.6. The van der Waals surface area contributed by atoms with E-state index in [9.17, 15) is 0 Å². The van der Waals surface area contributed by atoms with Gasteiger partial charge in [0.15, 0.2) is 5.82 Å². The molecule has 0 unspecified atom stereocenters. The molecule has 5 heteroatoms. The van der Waals surface area contributed by atoms with Gasteiger partial charge in [-0.2, -0.15) is 0 Å². The zero-order valence-corrected chi connectivity index (χ0v) is 30.7. The summed E-state index contributed by atoms with van der Waals surface area (Å²) in [5, 5.41) is 5.74.